The van der Waals surface area contributed by atoms with Gasteiger partial charge in [0.1, 0.15) is 6.10 Å². The van der Waals surface area contributed by atoms with Gasteiger partial charge in [0.05, 0.1) is 6.61 Å². The average Bonchev–Trinajstić information content (AvgIpc) is 2.54. The summed E-state index contributed by atoms with van der Waals surface area (Å²) in [6.45, 7) is -3.67. The third kappa shape index (κ3) is 4.19. The Hall–Kier alpha value is -1.64. The van der Waals surface area contributed by atoms with E-state index in [-0.39, 0.29) is 13.2 Å². The first-order chi connectivity index (χ1) is 12.1. The predicted molar refractivity (Wildman–Crippen MR) is 84.0 cm³/mol. The molecule has 2 aromatic carbocycles. The number of hydrogen-bond donors (Lipinski definition) is 0. The monoisotopic (exact) mass is 275 g/mol. The van der Waals surface area contributed by atoms with Gasteiger partial charge in [0, 0.05) is 14.8 Å². The van der Waals surface area contributed by atoms with E-state index in [1.807, 2.05) is 61.5 Å². The number of rotatable bonds is 6. The molecule has 106 valence electrons. The zero-order valence-electron chi connectivity index (χ0n) is 17.5. The zero-order chi connectivity index (χ0) is 19.4. The lowest BCUT2D eigenvalue weighted by molar-refractivity contribution is 0.0687. The van der Waals surface area contributed by atoms with Crippen LogP contribution in [0.5, 0.6) is 0 Å². The number of ether oxygens (including phenoxy) is 1. The van der Waals surface area contributed by atoms with Crippen molar-refractivity contribution in [1.82, 2.24) is 4.90 Å². The third-order valence-electron chi connectivity index (χ3n) is 3.08. The first kappa shape index (κ1) is 8.60. The molecule has 0 aliphatic heterocycles. The van der Waals surface area contributed by atoms with E-state index in [0.29, 0.717) is 4.90 Å². The summed E-state index contributed by atoms with van der Waals surface area (Å²) in [6.07, 6.45) is -0.396. The molecular formula is C18H23NO. The summed E-state index contributed by atoms with van der Waals surface area (Å²) >= 11 is 0. The lowest BCUT2D eigenvalue weighted by atomic mass is 10.0. The van der Waals surface area contributed by atoms with Crippen LogP contribution < -0.4 is 0 Å². The quantitative estimate of drug-likeness (QED) is 0.797. The summed E-state index contributed by atoms with van der Waals surface area (Å²) in [6, 6.07) is 17.4. The number of benzene rings is 2. The first-order valence-corrected chi connectivity index (χ1v) is 6.60. The van der Waals surface area contributed by atoms with Gasteiger partial charge in [-0.2, -0.15) is 0 Å². The second kappa shape index (κ2) is 7.22. The molecule has 0 saturated carbocycles. The van der Waals surface area contributed by atoms with Crippen LogP contribution in [0.25, 0.3) is 0 Å². The van der Waals surface area contributed by atoms with Gasteiger partial charge in [-0.3, -0.25) is 0 Å². The van der Waals surface area contributed by atoms with E-state index in [1.54, 1.807) is 0 Å². The van der Waals surface area contributed by atoms with Crippen LogP contribution in [0.4, 0.5) is 0 Å². The molecule has 0 aromatic heterocycles. The highest BCUT2D eigenvalue weighted by molar-refractivity contribution is 5.31. The molecule has 0 bridgehead atoms. The van der Waals surface area contributed by atoms with Gasteiger partial charge in [-0.1, -0.05) is 60.2 Å². The van der Waals surface area contributed by atoms with Crippen molar-refractivity contribution in [3.05, 3.63) is 71.3 Å². The predicted octanol–water partition coefficient (Wildman–Crippen LogP) is 3.66. The Morgan fingerprint density at radius 3 is 2.30 bits per heavy atom. The molecule has 0 radical (unpaired) electrons. The van der Waals surface area contributed by atoms with Crippen LogP contribution in [0.3, 0.4) is 0 Å². The lowest BCUT2D eigenvalue weighted by Gasteiger charge is -2.20. The van der Waals surface area contributed by atoms with Gasteiger partial charge >= 0.3 is 0 Å². The number of nitrogens with zero attached hydrogens (tertiary/aromatic N) is 1. The minimum atomic E-state index is -2.71. The number of hydrogen-bond acceptors (Lipinski definition) is 2. The van der Waals surface area contributed by atoms with E-state index >= 15 is 0 Å². The maximum absolute atomic E-state index is 7.43. The molecule has 0 aliphatic rings. The molecule has 0 spiro atoms. The summed E-state index contributed by atoms with van der Waals surface area (Å²) in [4.78, 5) is 0.511. The maximum Gasteiger partial charge on any atom is 0.108 e. The van der Waals surface area contributed by atoms with Crippen LogP contribution in [0.1, 0.15) is 31.0 Å². The Morgan fingerprint density at radius 1 is 1.00 bits per heavy atom. The average molecular weight is 275 g/mol. The molecule has 1 atom stereocenters. The van der Waals surface area contributed by atoms with Crippen molar-refractivity contribution in [1.29, 1.82) is 0 Å². The Kier molecular flexibility index (Phi) is 3.11. The SMILES string of the molecule is [2H]C([2H])([2H])N(CCOC(c1ccccc1)c1ccc(C)cc1)C([2H])([2H])[2H]. The van der Waals surface area contributed by atoms with Gasteiger partial charge in [-0.05, 0) is 32.0 Å². The maximum atomic E-state index is 7.43. The summed E-state index contributed by atoms with van der Waals surface area (Å²) in [7, 11) is 0. The molecule has 2 rings (SSSR count). The second-order valence-electron chi connectivity index (χ2n) is 4.72. The smallest absolute Gasteiger partial charge is 0.108 e. The standard InChI is InChI=1S/C18H23NO/c1-15-9-11-17(12-10-15)18(20-14-13-19(2)3)16-7-5-4-6-8-16/h4-12,18H,13-14H2,1-3H3/i2D3,3D3. The lowest BCUT2D eigenvalue weighted by Crippen LogP contribution is -2.20. The fraction of sp³-hybridized carbons (Fsp3) is 0.333. The van der Waals surface area contributed by atoms with Crippen LogP contribution in [-0.4, -0.2) is 32.0 Å². The summed E-state index contributed by atoms with van der Waals surface area (Å²) in [5, 5.41) is 0. The van der Waals surface area contributed by atoms with Crippen molar-refractivity contribution in [2.45, 2.75) is 13.0 Å². The third-order valence-corrected chi connectivity index (χ3v) is 3.08. The number of likely N-dealkylation sites (N-methyl/N-ethyl adjacent to an activating group) is 1. The Labute approximate surface area is 130 Å². The molecule has 2 heteroatoms. The number of aryl methyl sites for hydroxylation is 1. The summed E-state index contributed by atoms with van der Waals surface area (Å²) < 4.78 is 50.5. The second-order valence-corrected chi connectivity index (χ2v) is 4.72. The van der Waals surface area contributed by atoms with Gasteiger partial charge in [0.2, 0.25) is 0 Å². The molecule has 2 aromatic rings. The van der Waals surface area contributed by atoms with Crippen molar-refractivity contribution < 1.29 is 13.0 Å². The molecule has 0 amide bonds. The van der Waals surface area contributed by atoms with Gasteiger partial charge in [0.25, 0.3) is 0 Å². The minimum Gasteiger partial charge on any atom is -0.367 e. The molecule has 0 fully saturated rings. The molecule has 0 heterocycles. The van der Waals surface area contributed by atoms with E-state index in [2.05, 4.69) is 0 Å². The van der Waals surface area contributed by atoms with Crippen LogP contribution >= 0.6 is 0 Å². The minimum absolute atomic E-state index is 0.0236. The van der Waals surface area contributed by atoms with Gasteiger partial charge in [-0.25, -0.2) is 0 Å². The Balaban J connectivity index is 2.16. The molecule has 0 aliphatic carbocycles. The Morgan fingerprint density at radius 2 is 1.65 bits per heavy atom. The van der Waals surface area contributed by atoms with Crippen LogP contribution in [0, 0.1) is 6.92 Å². The fourth-order valence-corrected chi connectivity index (χ4v) is 2.02. The van der Waals surface area contributed by atoms with E-state index in [1.165, 1.54) is 0 Å². The van der Waals surface area contributed by atoms with Crippen LogP contribution in [-0.2, 0) is 4.74 Å². The molecule has 20 heavy (non-hydrogen) atoms. The van der Waals surface area contributed by atoms with E-state index in [4.69, 9.17) is 13.0 Å². The first-order valence-electron chi connectivity index (χ1n) is 9.60. The van der Waals surface area contributed by atoms with Gasteiger partial charge < -0.3 is 9.64 Å². The Bertz CT molecular complexity index is 668. The van der Waals surface area contributed by atoms with Crippen molar-refractivity contribution in [2.75, 3.05) is 27.1 Å². The van der Waals surface area contributed by atoms with E-state index in [9.17, 15) is 0 Å². The molecule has 2 nitrogen and oxygen atoms in total. The highest BCUT2D eigenvalue weighted by Crippen LogP contribution is 2.26. The van der Waals surface area contributed by atoms with E-state index in [0.717, 1.165) is 16.7 Å². The van der Waals surface area contributed by atoms with E-state index < -0.39 is 20.1 Å². The molecule has 0 N–H and O–H groups in total. The van der Waals surface area contributed by atoms with Gasteiger partial charge in [0.15, 0.2) is 0 Å². The molecule has 0 saturated heterocycles. The van der Waals surface area contributed by atoms with Crippen LogP contribution in [0.15, 0.2) is 54.6 Å². The summed E-state index contributed by atoms with van der Waals surface area (Å²) in [5.74, 6) is 0. The van der Waals surface area contributed by atoms with Crippen molar-refractivity contribution in [2.24, 2.45) is 0 Å². The molecular weight excluding hydrogens is 246 g/mol. The van der Waals surface area contributed by atoms with Crippen molar-refractivity contribution in [3.63, 3.8) is 0 Å². The van der Waals surface area contributed by atoms with Crippen LogP contribution in [0.2, 0.25) is 0 Å². The highest BCUT2D eigenvalue weighted by atomic mass is 16.5. The highest BCUT2D eigenvalue weighted by Gasteiger charge is 2.14. The fourth-order valence-electron chi connectivity index (χ4n) is 2.02. The van der Waals surface area contributed by atoms with Crippen molar-refractivity contribution in [3.8, 4) is 0 Å². The topological polar surface area (TPSA) is 12.5 Å². The normalized spacial score (nSPS) is 18.3. The largest absolute Gasteiger partial charge is 0.367 e. The van der Waals surface area contributed by atoms with Crippen molar-refractivity contribution >= 4 is 0 Å². The molecule has 1 unspecified atom stereocenters. The van der Waals surface area contributed by atoms with Gasteiger partial charge in [-0.15, -0.1) is 0 Å². The summed E-state index contributed by atoms with van der Waals surface area (Å²) in [5.41, 5.74) is 2.97. The zero-order valence-corrected chi connectivity index (χ0v) is 11.5.